The Bertz CT molecular complexity index is 470. The van der Waals surface area contributed by atoms with E-state index in [4.69, 9.17) is 16.3 Å². The summed E-state index contributed by atoms with van der Waals surface area (Å²) in [5, 5.41) is 8.06. The number of benzene rings is 1. The zero-order valence-electron chi connectivity index (χ0n) is 8.93. The van der Waals surface area contributed by atoms with Gasteiger partial charge in [-0.2, -0.15) is 0 Å². The van der Waals surface area contributed by atoms with Crippen LogP contribution in [0, 0.1) is 0 Å². The van der Waals surface area contributed by atoms with Crippen LogP contribution in [0.25, 0.3) is 5.69 Å². The van der Waals surface area contributed by atoms with Crippen molar-refractivity contribution < 1.29 is 4.74 Å². The lowest BCUT2D eigenvalue weighted by Crippen LogP contribution is -1.95. The quantitative estimate of drug-likeness (QED) is 0.765. The molecule has 0 aliphatic rings. The van der Waals surface area contributed by atoms with E-state index < -0.39 is 0 Å². The predicted molar refractivity (Wildman–Crippen MR) is 62.3 cm³/mol. The Morgan fingerprint density at radius 3 is 3.06 bits per heavy atom. The molecule has 2 aromatic rings. The van der Waals surface area contributed by atoms with E-state index in [1.165, 1.54) is 0 Å². The van der Waals surface area contributed by atoms with Gasteiger partial charge in [-0.1, -0.05) is 11.3 Å². The number of hydrogen-bond donors (Lipinski definition) is 0. The molecule has 1 aromatic heterocycles. The third kappa shape index (κ3) is 2.33. The van der Waals surface area contributed by atoms with Gasteiger partial charge < -0.3 is 4.74 Å². The monoisotopic (exact) mass is 237 g/mol. The Kier molecular flexibility index (Phi) is 3.41. The van der Waals surface area contributed by atoms with Crippen LogP contribution in [0.4, 0.5) is 0 Å². The Hall–Kier alpha value is -1.55. The first kappa shape index (κ1) is 11.0. The van der Waals surface area contributed by atoms with E-state index in [1.54, 1.807) is 11.8 Å². The fourth-order valence-corrected chi connectivity index (χ4v) is 1.58. The number of rotatable bonds is 4. The molecule has 0 amide bonds. The van der Waals surface area contributed by atoms with Crippen LogP contribution < -0.4 is 4.74 Å². The van der Waals surface area contributed by atoms with Crippen LogP contribution in [0.15, 0.2) is 30.5 Å². The van der Waals surface area contributed by atoms with E-state index in [-0.39, 0.29) is 0 Å². The summed E-state index contributed by atoms with van der Waals surface area (Å²) in [7, 11) is 1.64. The molecule has 1 heterocycles. The SMILES string of the molecule is COc1cccc(-n2cc(CCCl)nn2)c1. The summed E-state index contributed by atoms with van der Waals surface area (Å²) in [6.45, 7) is 0. The van der Waals surface area contributed by atoms with E-state index in [0.717, 1.165) is 23.6 Å². The topological polar surface area (TPSA) is 39.9 Å². The number of hydrogen-bond acceptors (Lipinski definition) is 3. The van der Waals surface area contributed by atoms with E-state index in [9.17, 15) is 0 Å². The second-order valence-electron chi connectivity index (χ2n) is 3.29. The molecule has 4 nitrogen and oxygen atoms in total. The maximum atomic E-state index is 5.64. The molecule has 84 valence electrons. The Morgan fingerprint density at radius 1 is 1.44 bits per heavy atom. The minimum Gasteiger partial charge on any atom is -0.497 e. The highest BCUT2D eigenvalue weighted by molar-refractivity contribution is 6.17. The molecular formula is C11H12ClN3O. The van der Waals surface area contributed by atoms with Crippen molar-refractivity contribution in [3.8, 4) is 11.4 Å². The average molecular weight is 238 g/mol. The molecule has 1 aromatic carbocycles. The Labute approximate surface area is 98.8 Å². The number of aromatic nitrogens is 3. The maximum absolute atomic E-state index is 5.64. The van der Waals surface area contributed by atoms with Gasteiger partial charge >= 0.3 is 0 Å². The number of halogens is 1. The van der Waals surface area contributed by atoms with Gasteiger partial charge in [-0.25, -0.2) is 4.68 Å². The molecule has 0 spiro atoms. The fraction of sp³-hybridized carbons (Fsp3) is 0.273. The van der Waals surface area contributed by atoms with Crippen molar-refractivity contribution in [3.05, 3.63) is 36.2 Å². The number of methoxy groups -OCH3 is 1. The Balaban J connectivity index is 2.27. The zero-order chi connectivity index (χ0) is 11.4. The molecule has 0 atom stereocenters. The van der Waals surface area contributed by atoms with Crippen LogP contribution >= 0.6 is 11.6 Å². The van der Waals surface area contributed by atoms with E-state index >= 15 is 0 Å². The van der Waals surface area contributed by atoms with Gasteiger partial charge in [0.05, 0.1) is 24.7 Å². The minimum atomic E-state index is 0.552. The summed E-state index contributed by atoms with van der Waals surface area (Å²) in [5.74, 6) is 1.35. The summed E-state index contributed by atoms with van der Waals surface area (Å²) < 4.78 is 6.86. The van der Waals surface area contributed by atoms with Crippen molar-refractivity contribution in [1.29, 1.82) is 0 Å². The van der Waals surface area contributed by atoms with Crippen LogP contribution in [0.5, 0.6) is 5.75 Å². The molecule has 5 heteroatoms. The van der Waals surface area contributed by atoms with Gasteiger partial charge in [-0.05, 0) is 12.1 Å². The normalized spacial score (nSPS) is 10.4. The van der Waals surface area contributed by atoms with Crippen LogP contribution in [0.2, 0.25) is 0 Å². The van der Waals surface area contributed by atoms with E-state index in [2.05, 4.69) is 10.3 Å². The molecule has 0 saturated carbocycles. The number of ether oxygens (including phenoxy) is 1. The Morgan fingerprint density at radius 2 is 2.31 bits per heavy atom. The third-order valence-corrected chi connectivity index (χ3v) is 2.40. The smallest absolute Gasteiger partial charge is 0.121 e. The van der Waals surface area contributed by atoms with Crippen LogP contribution in [-0.2, 0) is 6.42 Å². The van der Waals surface area contributed by atoms with Crippen molar-refractivity contribution in [2.45, 2.75) is 6.42 Å². The molecular weight excluding hydrogens is 226 g/mol. The van der Waals surface area contributed by atoms with Gasteiger partial charge in [-0.3, -0.25) is 0 Å². The first-order valence-corrected chi connectivity index (χ1v) is 5.48. The molecule has 0 aliphatic heterocycles. The lowest BCUT2D eigenvalue weighted by atomic mass is 10.3. The molecule has 0 saturated heterocycles. The van der Waals surface area contributed by atoms with Crippen LogP contribution in [0.3, 0.4) is 0 Å². The highest BCUT2D eigenvalue weighted by Crippen LogP contribution is 2.15. The van der Waals surface area contributed by atoms with Crippen molar-refractivity contribution in [2.75, 3.05) is 13.0 Å². The standard InChI is InChI=1S/C11H12ClN3O/c1-16-11-4-2-3-10(7-11)15-8-9(5-6-12)13-14-15/h2-4,7-8H,5-6H2,1H3. The maximum Gasteiger partial charge on any atom is 0.121 e. The lowest BCUT2D eigenvalue weighted by molar-refractivity contribution is 0.414. The minimum absolute atomic E-state index is 0.552. The lowest BCUT2D eigenvalue weighted by Gasteiger charge is -2.02. The number of nitrogens with zero attached hydrogens (tertiary/aromatic N) is 3. The van der Waals surface area contributed by atoms with Gasteiger partial charge in [0.15, 0.2) is 0 Å². The summed E-state index contributed by atoms with van der Waals surface area (Å²) in [4.78, 5) is 0. The molecule has 16 heavy (non-hydrogen) atoms. The van der Waals surface area contributed by atoms with Crippen molar-refractivity contribution >= 4 is 11.6 Å². The molecule has 0 aliphatic carbocycles. The highest BCUT2D eigenvalue weighted by atomic mass is 35.5. The third-order valence-electron chi connectivity index (χ3n) is 2.21. The summed E-state index contributed by atoms with van der Waals surface area (Å²) in [6, 6.07) is 7.65. The second kappa shape index (κ2) is 4.99. The second-order valence-corrected chi connectivity index (χ2v) is 3.67. The molecule has 0 unspecified atom stereocenters. The van der Waals surface area contributed by atoms with E-state index in [1.807, 2.05) is 30.5 Å². The van der Waals surface area contributed by atoms with Gasteiger partial charge in [0.1, 0.15) is 5.75 Å². The highest BCUT2D eigenvalue weighted by Gasteiger charge is 2.03. The largest absolute Gasteiger partial charge is 0.497 e. The average Bonchev–Trinajstić information content (AvgIpc) is 2.78. The summed E-state index contributed by atoms with van der Waals surface area (Å²) in [6.07, 6.45) is 2.60. The van der Waals surface area contributed by atoms with Crippen LogP contribution in [-0.4, -0.2) is 28.0 Å². The van der Waals surface area contributed by atoms with Gasteiger partial charge in [0, 0.05) is 18.4 Å². The molecule has 0 fully saturated rings. The predicted octanol–water partition coefficient (Wildman–Crippen LogP) is 2.06. The number of aryl methyl sites for hydroxylation is 1. The van der Waals surface area contributed by atoms with Crippen LogP contribution in [0.1, 0.15) is 5.69 Å². The van der Waals surface area contributed by atoms with Gasteiger partial charge in [-0.15, -0.1) is 16.7 Å². The molecule has 2 rings (SSSR count). The first-order chi connectivity index (χ1) is 7.83. The summed E-state index contributed by atoms with van der Waals surface area (Å²) in [5.41, 5.74) is 1.81. The molecule has 0 bridgehead atoms. The number of alkyl halides is 1. The molecule has 0 N–H and O–H groups in total. The van der Waals surface area contributed by atoms with Crippen molar-refractivity contribution in [3.63, 3.8) is 0 Å². The molecule has 0 radical (unpaired) electrons. The van der Waals surface area contributed by atoms with E-state index in [0.29, 0.717) is 5.88 Å². The first-order valence-electron chi connectivity index (χ1n) is 4.95. The van der Waals surface area contributed by atoms with Crippen molar-refractivity contribution in [1.82, 2.24) is 15.0 Å². The van der Waals surface area contributed by atoms with Crippen molar-refractivity contribution in [2.24, 2.45) is 0 Å². The van der Waals surface area contributed by atoms with Gasteiger partial charge in [0.25, 0.3) is 0 Å². The summed E-state index contributed by atoms with van der Waals surface area (Å²) >= 11 is 5.64. The fourth-order valence-electron chi connectivity index (χ4n) is 1.39. The zero-order valence-corrected chi connectivity index (χ0v) is 9.68. The van der Waals surface area contributed by atoms with Gasteiger partial charge in [0.2, 0.25) is 0 Å².